The Morgan fingerprint density at radius 1 is 1.12 bits per heavy atom. The lowest BCUT2D eigenvalue weighted by atomic mass is 10.1. The van der Waals surface area contributed by atoms with E-state index in [9.17, 15) is 9.59 Å². The molecule has 2 N–H and O–H groups in total. The Kier molecular flexibility index (Phi) is 6.58. The fourth-order valence-electron chi connectivity index (χ4n) is 2.08. The summed E-state index contributed by atoms with van der Waals surface area (Å²) < 4.78 is 0. The number of carbonyl (C=O) groups is 2. The van der Waals surface area contributed by atoms with Crippen molar-refractivity contribution in [2.45, 2.75) is 13.3 Å². The predicted molar refractivity (Wildman–Crippen MR) is 98.2 cm³/mol. The SMILES string of the molecule is CCCNC(=O)c1ccccc1NC(=O)/C=C/c1cccc(Cl)c1. The largest absolute Gasteiger partial charge is 0.352 e. The molecule has 0 saturated heterocycles. The number of benzene rings is 2. The molecule has 0 radical (unpaired) electrons. The van der Waals surface area contributed by atoms with Gasteiger partial charge in [0.15, 0.2) is 0 Å². The maximum atomic E-state index is 12.1. The van der Waals surface area contributed by atoms with Crippen LogP contribution in [0.2, 0.25) is 5.02 Å². The molecular weight excluding hydrogens is 324 g/mol. The summed E-state index contributed by atoms with van der Waals surface area (Å²) in [5.74, 6) is -0.516. The van der Waals surface area contributed by atoms with Crippen LogP contribution in [-0.2, 0) is 4.79 Å². The third kappa shape index (κ3) is 5.25. The highest BCUT2D eigenvalue weighted by Gasteiger charge is 2.11. The number of rotatable bonds is 6. The first kappa shape index (κ1) is 17.8. The minimum absolute atomic E-state index is 0.202. The summed E-state index contributed by atoms with van der Waals surface area (Å²) in [6.45, 7) is 2.57. The monoisotopic (exact) mass is 342 g/mol. The van der Waals surface area contributed by atoms with Gasteiger partial charge in [0.1, 0.15) is 0 Å². The molecule has 0 aromatic heterocycles. The van der Waals surface area contributed by atoms with Gasteiger partial charge in [0, 0.05) is 17.6 Å². The first-order chi connectivity index (χ1) is 11.6. The number of carbonyl (C=O) groups excluding carboxylic acids is 2. The highest BCUT2D eigenvalue weighted by Crippen LogP contribution is 2.16. The van der Waals surface area contributed by atoms with Gasteiger partial charge in [-0.3, -0.25) is 9.59 Å². The standard InChI is InChI=1S/C19H19ClN2O2/c1-2-12-21-19(24)16-8-3-4-9-17(16)22-18(23)11-10-14-6-5-7-15(20)13-14/h3-11,13H,2,12H2,1H3,(H,21,24)(H,22,23)/b11-10+. The second-order valence-electron chi connectivity index (χ2n) is 5.18. The average molecular weight is 343 g/mol. The highest BCUT2D eigenvalue weighted by molar-refractivity contribution is 6.30. The van der Waals surface area contributed by atoms with E-state index >= 15 is 0 Å². The maximum absolute atomic E-state index is 12.1. The zero-order valence-electron chi connectivity index (χ0n) is 13.4. The first-order valence-electron chi connectivity index (χ1n) is 7.72. The van der Waals surface area contributed by atoms with E-state index < -0.39 is 0 Å². The number of halogens is 1. The smallest absolute Gasteiger partial charge is 0.253 e. The summed E-state index contributed by atoms with van der Waals surface area (Å²) in [7, 11) is 0. The quantitative estimate of drug-likeness (QED) is 0.775. The molecule has 0 aliphatic carbocycles. The van der Waals surface area contributed by atoms with Gasteiger partial charge < -0.3 is 10.6 Å². The van der Waals surface area contributed by atoms with Crippen molar-refractivity contribution in [3.63, 3.8) is 0 Å². The molecule has 24 heavy (non-hydrogen) atoms. The molecule has 124 valence electrons. The van der Waals surface area contributed by atoms with Gasteiger partial charge in [-0.05, 0) is 42.3 Å². The molecule has 0 heterocycles. The van der Waals surface area contributed by atoms with Crippen molar-refractivity contribution in [2.24, 2.45) is 0 Å². The van der Waals surface area contributed by atoms with Gasteiger partial charge >= 0.3 is 0 Å². The van der Waals surface area contributed by atoms with Gasteiger partial charge in [-0.25, -0.2) is 0 Å². The van der Waals surface area contributed by atoms with Gasteiger partial charge in [-0.1, -0.05) is 42.8 Å². The summed E-state index contributed by atoms with van der Waals surface area (Å²) in [4.78, 5) is 24.2. The molecule has 5 heteroatoms. The van der Waals surface area contributed by atoms with Crippen molar-refractivity contribution < 1.29 is 9.59 Å². The Morgan fingerprint density at radius 3 is 2.67 bits per heavy atom. The van der Waals surface area contributed by atoms with Crippen LogP contribution in [0.25, 0.3) is 6.08 Å². The molecule has 0 aliphatic heterocycles. The summed E-state index contributed by atoms with van der Waals surface area (Å²) in [5, 5.41) is 6.14. The minimum atomic E-state index is -0.314. The molecule has 0 unspecified atom stereocenters. The van der Waals surface area contributed by atoms with Gasteiger partial charge in [0.25, 0.3) is 5.91 Å². The zero-order valence-corrected chi connectivity index (χ0v) is 14.1. The van der Waals surface area contributed by atoms with Gasteiger partial charge in [0.2, 0.25) is 5.91 Å². The van der Waals surface area contributed by atoms with Gasteiger partial charge in [0.05, 0.1) is 11.3 Å². The highest BCUT2D eigenvalue weighted by atomic mass is 35.5. The third-order valence-electron chi connectivity index (χ3n) is 3.24. The number of nitrogens with one attached hydrogen (secondary N) is 2. The molecule has 4 nitrogen and oxygen atoms in total. The zero-order chi connectivity index (χ0) is 17.4. The van der Waals surface area contributed by atoms with Crippen molar-refractivity contribution in [1.29, 1.82) is 0 Å². The lowest BCUT2D eigenvalue weighted by molar-refractivity contribution is -0.111. The molecule has 0 aliphatic rings. The topological polar surface area (TPSA) is 58.2 Å². The van der Waals surface area contributed by atoms with Gasteiger partial charge in [-0.15, -0.1) is 0 Å². The molecule has 2 rings (SSSR count). The minimum Gasteiger partial charge on any atom is -0.352 e. The van der Waals surface area contributed by atoms with E-state index in [4.69, 9.17) is 11.6 Å². The summed E-state index contributed by atoms with van der Waals surface area (Å²) >= 11 is 5.91. The summed E-state index contributed by atoms with van der Waals surface area (Å²) in [5.41, 5.74) is 1.74. The predicted octanol–water partition coefficient (Wildman–Crippen LogP) is 4.13. The number of hydrogen-bond acceptors (Lipinski definition) is 2. The molecule has 0 bridgehead atoms. The molecule has 0 atom stereocenters. The Labute approximate surface area is 146 Å². The van der Waals surface area contributed by atoms with E-state index in [2.05, 4.69) is 10.6 Å². The Bertz CT molecular complexity index is 757. The van der Waals surface area contributed by atoms with E-state index in [0.717, 1.165) is 12.0 Å². The van der Waals surface area contributed by atoms with Crippen LogP contribution >= 0.6 is 11.6 Å². The normalized spacial score (nSPS) is 10.6. The van der Waals surface area contributed by atoms with E-state index in [0.29, 0.717) is 22.8 Å². The second kappa shape index (κ2) is 8.89. The molecule has 0 fully saturated rings. The molecule has 2 aromatic carbocycles. The van der Waals surface area contributed by atoms with Crippen LogP contribution in [0, 0.1) is 0 Å². The molecule has 2 aromatic rings. The van der Waals surface area contributed by atoms with Gasteiger partial charge in [-0.2, -0.15) is 0 Å². The van der Waals surface area contributed by atoms with Crippen LogP contribution in [0.5, 0.6) is 0 Å². The lowest BCUT2D eigenvalue weighted by Gasteiger charge is -2.09. The van der Waals surface area contributed by atoms with Crippen molar-refractivity contribution in [3.8, 4) is 0 Å². The van der Waals surface area contributed by atoms with Crippen LogP contribution in [0.1, 0.15) is 29.3 Å². The van der Waals surface area contributed by atoms with E-state index in [-0.39, 0.29) is 11.8 Å². The molecular formula is C19H19ClN2O2. The Morgan fingerprint density at radius 2 is 1.92 bits per heavy atom. The van der Waals surface area contributed by atoms with Crippen LogP contribution < -0.4 is 10.6 Å². The fraction of sp³-hybridized carbons (Fsp3) is 0.158. The molecule has 2 amide bonds. The Balaban J connectivity index is 2.07. The second-order valence-corrected chi connectivity index (χ2v) is 5.62. The van der Waals surface area contributed by atoms with E-state index in [1.807, 2.05) is 19.1 Å². The first-order valence-corrected chi connectivity index (χ1v) is 8.10. The van der Waals surface area contributed by atoms with Crippen LogP contribution in [0.15, 0.2) is 54.6 Å². The van der Waals surface area contributed by atoms with Crippen molar-refractivity contribution in [1.82, 2.24) is 5.32 Å². The summed E-state index contributed by atoms with van der Waals surface area (Å²) in [6, 6.07) is 14.1. The van der Waals surface area contributed by atoms with E-state index in [1.54, 1.807) is 42.5 Å². The summed E-state index contributed by atoms with van der Waals surface area (Å²) in [6.07, 6.45) is 3.93. The third-order valence-corrected chi connectivity index (χ3v) is 3.48. The number of anilines is 1. The number of hydrogen-bond donors (Lipinski definition) is 2. The molecule has 0 spiro atoms. The average Bonchev–Trinajstić information content (AvgIpc) is 2.58. The number of amides is 2. The number of para-hydroxylation sites is 1. The lowest BCUT2D eigenvalue weighted by Crippen LogP contribution is -2.25. The van der Waals surface area contributed by atoms with Crippen molar-refractivity contribution >= 4 is 35.2 Å². The van der Waals surface area contributed by atoms with Crippen molar-refractivity contribution in [2.75, 3.05) is 11.9 Å². The van der Waals surface area contributed by atoms with E-state index in [1.165, 1.54) is 6.08 Å². The fourth-order valence-corrected chi connectivity index (χ4v) is 2.28. The maximum Gasteiger partial charge on any atom is 0.253 e. The van der Waals surface area contributed by atoms with Crippen LogP contribution in [0.4, 0.5) is 5.69 Å². The van der Waals surface area contributed by atoms with Crippen LogP contribution in [0.3, 0.4) is 0 Å². The molecule has 0 saturated carbocycles. The van der Waals surface area contributed by atoms with Crippen molar-refractivity contribution in [3.05, 3.63) is 70.8 Å². The van der Waals surface area contributed by atoms with Crippen LogP contribution in [-0.4, -0.2) is 18.4 Å². The Hall–Kier alpha value is -2.59.